The Morgan fingerprint density at radius 1 is 0.793 bits per heavy atom. The molecular weight excluding hydrogens is 366 g/mol. The molecule has 0 fully saturated rings. The number of aromatic nitrogens is 2. The first-order chi connectivity index (χ1) is 13.8. The van der Waals surface area contributed by atoms with Crippen LogP contribution in [0, 0.1) is 0 Å². The average Bonchev–Trinajstić information content (AvgIpc) is 2.73. The van der Waals surface area contributed by atoms with Crippen LogP contribution in [0.25, 0.3) is 12.2 Å². The number of carbonyl (C=O) groups is 1. The number of hydrogen-bond donors (Lipinski definition) is 0. The van der Waals surface area contributed by atoms with Gasteiger partial charge in [-0.2, -0.15) is 0 Å². The molecule has 0 unspecified atom stereocenters. The normalized spacial score (nSPS) is 12.3. The molecule has 6 nitrogen and oxygen atoms in total. The maximum Gasteiger partial charge on any atom is 0.274 e. The smallest absolute Gasteiger partial charge is 0.274 e. The summed E-state index contributed by atoms with van der Waals surface area (Å²) in [5, 5.41) is 0.606. The lowest BCUT2D eigenvalue weighted by molar-refractivity contribution is -0.116. The number of hydrogen-bond acceptors (Lipinski definition) is 3. The van der Waals surface area contributed by atoms with Crippen LogP contribution < -0.4 is 26.7 Å². The van der Waals surface area contributed by atoms with Gasteiger partial charge in [0, 0.05) is 33.8 Å². The van der Waals surface area contributed by atoms with Crippen molar-refractivity contribution in [2.45, 2.75) is 6.92 Å². The van der Waals surface area contributed by atoms with E-state index in [0.717, 1.165) is 16.8 Å². The Bertz CT molecular complexity index is 1280. The fourth-order valence-corrected chi connectivity index (χ4v) is 3.01. The Labute approximate surface area is 168 Å². The number of rotatable bonds is 3. The summed E-state index contributed by atoms with van der Waals surface area (Å²) in [6.45, 7) is 1.49. The van der Waals surface area contributed by atoms with Crippen LogP contribution in [0.4, 0.5) is 5.69 Å². The predicted molar refractivity (Wildman–Crippen MR) is 115 cm³/mol. The van der Waals surface area contributed by atoms with Gasteiger partial charge >= 0.3 is 0 Å². The first-order valence-corrected chi connectivity index (χ1v) is 9.18. The Kier molecular flexibility index (Phi) is 5.64. The number of nitrogens with zero attached hydrogens (tertiary/aromatic N) is 3. The molecule has 0 saturated heterocycles. The minimum Gasteiger partial charge on any atom is -0.316 e. The van der Waals surface area contributed by atoms with Crippen molar-refractivity contribution >= 4 is 23.7 Å². The average molecular weight is 389 g/mol. The van der Waals surface area contributed by atoms with E-state index in [4.69, 9.17) is 0 Å². The third-order valence-electron chi connectivity index (χ3n) is 4.93. The zero-order chi connectivity index (χ0) is 21.1. The Morgan fingerprint density at radius 2 is 1.24 bits per heavy atom. The lowest BCUT2D eigenvalue weighted by Gasteiger charge is -2.14. The molecule has 0 atom stereocenters. The van der Waals surface area contributed by atoms with E-state index in [1.807, 2.05) is 42.5 Å². The molecule has 2 aromatic carbocycles. The molecule has 3 aromatic rings. The zero-order valence-electron chi connectivity index (χ0n) is 16.9. The summed E-state index contributed by atoms with van der Waals surface area (Å²) in [6, 6.07) is 16.6. The van der Waals surface area contributed by atoms with Gasteiger partial charge in [-0.25, -0.2) is 0 Å². The summed E-state index contributed by atoms with van der Waals surface area (Å²) in [7, 11) is 4.89. The lowest BCUT2D eigenvalue weighted by Crippen LogP contribution is -2.56. The quantitative estimate of drug-likeness (QED) is 0.663. The second kappa shape index (κ2) is 8.14. The summed E-state index contributed by atoms with van der Waals surface area (Å²) in [5.41, 5.74) is 1.85. The summed E-state index contributed by atoms with van der Waals surface area (Å²) >= 11 is 0. The molecule has 1 aromatic heterocycles. The molecule has 3 rings (SSSR count). The van der Waals surface area contributed by atoms with E-state index in [9.17, 15) is 14.4 Å². The maximum absolute atomic E-state index is 12.9. The van der Waals surface area contributed by atoms with E-state index in [2.05, 4.69) is 0 Å². The van der Waals surface area contributed by atoms with Gasteiger partial charge < -0.3 is 14.0 Å². The highest BCUT2D eigenvalue weighted by Crippen LogP contribution is 2.14. The number of anilines is 1. The van der Waals surface area contributed by atoms with Crippen molar-refractivity contribution in [3.63, 3.8) is 0 Å². The Hall–Kier alpha value is -3.67. The second-order valence-corrected chi connectivity index (χ2v) is 6.87. The molecule has 1 amide bonds. The van der Waals surface area contributed by atoms with Crippen molar-refractivity contribution < 1.29 is 4.79 Å². The lowest BCUT2D eigenvalue weighted by atomic mass is 10.2. The summed E-state index contributed by atoms with van der Waals surface area (Å²) in [6.07, 6.45) is 3.38. The van der Waals surface area contributed by atoms with Gasteiger partial charge in [-0.15, -0.1) is 0 Å². The Balaban J connectivity index is 2.15. The van der Waals surface area contributed by atoms with Crippen molar-refractivity contribution in [1.82, 2.24) is 9.13 Å². The molecule has 0 aliphatic rings. The number of carbonyl (C=O) groups excluding carboxylic acids is 1. The highest BCUT2D eigenvalue weighted by molar-refractivity contribution is 5.90. The summed E-state index contributed by atoms with van der Waals surface area (Å²) in [5.74, 6) is -0.0664. The molecule has 0 spiro atoms. The van der Waals surface area contributed by atoms with E-state index in [1.54, 1.807) is 45.4 Å². The van der Waals surface area contributed by atoms with Gasteiger partial charge in [-0.05, 0) is 35.4 Å². The molecule has 0 saturated carbocycles. The summed E-state index contributed by atoms with van der Waals surface area (Å²) in [4.78, 5) is 38.8. The van der Waals surface area contributed by atoms with Crippen LogP contribution in [-0.2, 0) is 18.9 Å². The zero-order valence-corrected chi connectivity index (χ0v) is 16.9. The van der Waals surface area contributed by atoms with Gasteiger partial charge in [-0.3, -0.25) is 14.4 Å². The van der Waals surface area contributed by atoms with Crippen LogP contribution in [0.3, 0.4) is 0 Å². The van der Waals surface area contributed by atoms with Gasteiger partial charge in [0.1, 0.15) is 10.7 Å². The summed E-state index contributed by atoms with van der Waals surface area (Å²) < 4.78 is 2.74. The minimum absolute atomic E-state index is 0.0664. The highest BCUT2D eigenvalue weighted by atomic mass is 16.2. The van der Waals surface area contributed by atoms with Crippen molar-refractivity contribution in [2.75, 3.05) is 11.9 Å². The molecule has 0 radical (unpaired) electrons. The van der Waals surface area contributed by atoms with Crippen LogP contribution in [0.15, 0.2) is 64.2 Å². The van der Waals surface area contributed by atoms with Crippen molar-refractivity contribution in [1.29, 1.82) is 0 Å². The first-order valence-electron chi connectivity index (χ1n) is 9.18. The molecule has 6 heteroatoms. The molecule has 29 heavy (non-hydrogen) atoms. The fourth-order valence-electron chi connectivity index (χ4n) is 3.01. The van der Waals surface area contributed by atoms with Crippen molar-refractivity contribution in [3.8, 4) is 0 Å². The van der Waals surface area contributed by atoms with Gasteiger partial charge in [-0.1, -0.05) is 42.5 Å². The number of benzene rings is 2. The van der Waals surface area contributed by atoms with E-state index in [0.29, 0.717) is 5.35 Å². The van der Waals surface area contributed by atoms with E-state index >= 15 is 0 Å². The fraction of sp³-hybridized carbons (Fsp3) is 0.174. The molecule has 0 N–H and O–H groups in total. The van der Waals surface area contributed by atoms with Gasteiger partial charge in [0.15, 0.2) is 0 Å². The van der Waals surface area contributed by atoms with Crippen LogP contribution in [-0.4, -0.2) is 22.1 Å². The van der Waals surface area contributed by atoms with Crippen LogP contribution in [0.2, 0.25) is 0 Å². The topological polar surface area (TPSA) is 64.3 Å². The third-order valence-corrected chi connectivity index (χ3v) is 4.93. The van der Waals surface area contributed by atoms with Crippen LogP contribution >= 0.6 is 0 Å². The van der Waals surface area contributed by atoms with Crippen molar-refractivity contribution in [2.24, 2.45) is 14.1 Å². The molecule has 148 valence electrons. The van der Waals surface area contributed by atoms with Crippen LogP contribution in [0.5, 0.6) is 0 Å². The van der Waals surface area contributed by atoms with Crippen molar-refractivity contribution in [3.05, 3.63) is 97.1 Å². The monoisotopic (exact) mass is 389 g/mol. The van der Waals surface area contributed by atoms with Gasteiger partial charge in [0.05, 0.1) is 0 Å². The Morgan fingerprint density at radius 3 is 1.69 bits per heavy atom. The molecular formula is C23H23N3O3. The standard InChI is InChI=1S/C23H23N3O3/c1-16(27)24(2)19-12-10-18(11-13-19)15-21-23(29)25(3)20(22(28)26(21)4)14-17-8-6-5-7-9-17/h5-15H,1-4H3/b20-14-,21-15-. The first kappa shape index (κ1) is 20.1. The molecule has 1 heterocycles. The second-order valence-electron chi connectivity index (χ2n) is 6.87. The van der Waals surface area contributed by atoms with Gasteiger partial charge in [0.2, 0.25) is 5.91 Å². The minimum atomic E-state index is -0.265. The highest BCUT2D eigenvalue weighted by Gasteiger charge is 2.07. The SMILES string of the molecule is CC(=O)N(C)c1ccc(/C=c2/c(=O)n(C)/c(=C\c3ccccc3)c(=O)n2C)cc1. The maximum atomic E-state index is 12.9. The molecule has 0 bridgehead atoms. The van der Waals surface area contributed by atoms with Crippen LogP contribution in [0.1, 0.15) is 18.1 Å². The van der Waals surface area contributed by atoms with E-state index < -0.39 is 0 Å². The largest absolute Gasteiger partial charge is 0.316 e. The van der Waals surface area contributed by atoms with Gasteiger partial charge in [0.25, 0.3) is 11.1 Å². The molecule has 0 aliphatic carbocycles. The third kappa shape index (κ3) is 4.11. The molecule has 0 aliphatic heterocycles. The predicted octanol–water partition coefficient (Wildman–Crippen LogP) is 0.724. The van der Waals surface area contributed by atoms with E-state index in [-0.39, 0.29) is 22.4 Å². The van der Waals surface area contributed by atoms with E-state index in [1.165, 1.54) is 21.0 Å². The number of amides is 1.